The molecule has 1 nitrogen and oxygen atoms in total. The van der Waals surface area contributed by atoms with E-state index >= 15 is 0 Å². The molecule has 0 heterocycles. The first-order valence-corrected chi connectivity index (χ1v) is 7.94. The van der Waals surface area contributed by atoms with Gasteiger partial charge in [-0.1, -0.05) is 11.6 Å². The first-order valence-electron chi connectivity index (χ1n) is 4.50. The van der Waals surface area contributed by atoms with Crippen molar-refractivity contribution in [1.29, 1.82) is 0 Å². The minimum absolute atomic E-state index is 1.22. The molecule has 0 aliphatic heterocycles. The molecule has 0 bridgehead atoms. The minimum atomic E-state index is -1.28. The van der Waals surface area contributed by atoms with Gasteiger partial charge >= 0.3 is 8.24 Å². The predicted molar refractivity (Wildman–Crippen MR) is 60.6 cm³/mol. The van der Waals surface area contributed by atoms with Crippen molar-refractivity contribution < 1.29 is 4.24 Å². The maximum absolute atomic E-state index is 4.04. The third-order valence-electron chi connectivity index (χ3n) is 1.97. The van der Waals surface area contributed by atoms with Gasteiger partial charge in [-0.05, 0) is 19.6 Å². The molecule has 1 rings (SSSR count). The zero-order valence-corrected chi connectivity index (χ0v) is 9.62. The second-order valence-electron chi connectivity index (χ2n) is 4.18. The highest BCUT2D eigenvalue weighted by Gasteiger charge is 2.25. The van der Waals surface area contributed by atoms with Crippen LogP contribution in [0.15, 0.2) is 30.3 Å². The van der Waals surface area contributed by atoms with E-state index in [1.54, 1.807) is 0 Å². The fourth-order valence-electron chi connectivity index (χ4n) is 0.913. The van der Waals surface area contributed by atoms with Gasteiger partial charge in [0.05, 0.1) is 6.54 Å². The molecule has 0 aliphatic rings. The van der Waals surface area contributed by atoms with Crippen molar-refractivity contribution in [1.82, 2.24) is 0 Å². The summed E-state index contributed by atoms with van der Waals surface area (Å²) in [5.41, 5.74) is 1.22. The molecule has 0 unspecified atom stereocenters. The first kappa shape index (κ1) is 10.1. The second-order valence-corrected chi connectivity index (χ2v) is 9.10. The molecule has 0 saturated heterocycles. The minimum Gasteiger partial charge on any atom is -0.368 e. The Labute approximate surface area is 81.8 Å². The maximum Gasteiger partial charge on any atom is 0.336 e. The maximum atomic E-state index is 4.04. The normalized spacial score (nSPS) is 11.0. The van der Waals surface area contributed by atoms with Crippen LogP contribution in [-0.4, -0.2) is 19.2 Å². The molecule has 0 saturated carbocycles. The molecular formula is C11H17NSi. The van der Waals surface area contributed by atoms with Crippen LogP contribution in [0.1, 0.15) is 5.56 Å². The van der Waals surface area contributed by atoms with E-state index in [0.717, 1.165) is 0 Å². The molecule has 0 amide bonds. The van der Waals surface area contributed by atoms with Crippen molar-refractivity contribution in [3.05, 3.63) is 42.4 Å². The van der Waals surface area contributed by atoms with Crippen molar-refractivity contribution in [2.45, 2.75) is 19.6 Å². The van der Waals surface area contributed by atoms with Gasteiger partial charge in [0, 0.05) is 6.72 Å². The van der Waals surface area contributed by atoms with E-state index in [-0.39, 0.29) is 0 Å². The third-order valence-corrected chi connectivity index (χ3v) is 3.82. The van der Waals surface area contributed by atoms with E-state index in [1.807, 2.05) is 18.2 Å². The van der Waals surface area contributed by atoms with Crippen LogP contribution >= 0.6 is 0 Å². The zero-order chi connectivity index (χ0) is 9.90. The molecule has 0 atom stereocenters. The summed E-state index contributed by atoms with van der Waals surface area (Å²) in [4.78, 5) is 0. The van der Waals surface area contributed by atoms with Gasteiger partial charge < -0.3 is 4.24 Å². The lowest BCUT2D eigenvalue weighted by atomic mass is 10.2. The molecule has 1 aromatic rings. The summed E-state index contributed by atoms with van der Waals surface area (Å²) in [5.74, 6) is 0. The van der Waals surface area contributed by atoms with Gasteiger partial charge in [-0.15, -0.1) is 24.3 Å². The van der Waals surface area contributed by atoms with Crippen LogP contribution in [0.2, 0.25) is 19.6 Å². The third kappa shape index (κ3) is 3.07. The van der Waals surface area contributed by atoms with Crippen LogP contribution in [-0.2, 0) is 0 Å². The molecule has 0 N–H and O–H groups in total. The van der Waals surface area contributed by atoms with E-state index < -0.39 is 8.24 Å². The summed E-state index contributed by atoms with van der Waals surface area (Å²) in [5, 5.41) is 0. The van der Waals surface area contributed by atoms with Crippen LogP contribution in [0.4, 0.5) is 0 Å². The summed E-state index contributed by atoms with van der Waals surface area (Å²) < 4.78 is 2.11. The quantitative estimate of drug-likeness (QED) is 0.393. The smallest absolute Gasteiger partial charge is 0.336 e. The second kappa shape index (κ2) is 3.79. The summed E-state index contributed by atoms with van der Waals surface area (Å²) in [7, 11) is -1.28. The molecule has 0 fully saturated rings. The standard InChI is InChI=1S/C11H17NSi/c1-12(13(2,3)4)10-11-8-6-5-7-9-11/h5-10H,1H2,2-4H3. The Bertz CT molecular complexity index is 285. The van der Waals surface area contributed by atoms with Crippen LogP contribution < -0.4 is 0 Å². The number of hydrogen-bond acceptors (Lipinski definition) is 0. The van der Waals surface area contributed by atoms with Gasteiger partial charge in [-0.3, -0.25) is 0 Å². The predicted octanol–water partition coefficient (Wildman–Crippen LogP) is 2.74. The monoisotopic (exact) mass is 191 g/mol. The lowest BCUT2D eigenvalue weighted by molar-refractivity contribution is -0.333. The summed E-state index contributed by atoms with van der Waals surface area (Å²) >= 11 is 0. The molecule has 0 radical (unpaired) electrons. The average Bonchev–Trinajstić information content (AvgIpc) is 2.04. The van der Waals surface area contributed by atoms with Crippen molar-refractivity contribution in [2.24, 2.45) is 0 Å². The van der Waals surface area contributed by atoms with Gasteiger partial charge in [-0.25, -0.2) is 0 Å². The number of hydrogen-bond donors (Lipinski definition) is 0. The fourth-order valence-corrected chi connectivity index (χ4v) is 1.45. The highest BCUT2D eigenvalue weighted by atomic mass is 28.3. The molecule has 0 spiro atoms. The largest absolute Gasteiger partial charge is 0.368 e. The van der Waals surface area contributed by atoms with E-state index in [0.29, 0.717) is 0 Å². The van der Waals surface area contributed by atoms with Gasteiger partial charge in [0.1, 0.15) is 0 Å². The number of nitrogens with zero attached hydrogens (tertiary/aromatic N) is 1. The molecule has 1 aromatic carbocycles. The molecular weight excluding hydrogens is 174 g/mol. The molecule has 2 heteroatoms. The fraction of sp³-hybridized carbons (Fsp3) is 0.273. The average molecular weight is 191 g/mol. The molecule has 0 aromatic heterocycles. The van der Waals surface area contributed by atoms with E-state index in [2.05, 4.69) is 49.3 Å². The lowest BCUT2D eigenvalue weighted by Crippen LogP contribution is -2.35. The van der Waals surface area contributed by atoms with Crippen molar-refractivity contribution in [2.75, 3.05) is 0 Å². The topological polar surface area (TPSA) is 3.01 Å². The highest BCUT2D eigenvalue weighted by Crippen LogP contribution is 2.09. The van der Waals surface area contributed by atoms with Crippen LogP contribution in [0.25, 0.3) is 0 Å². The van der Waals surface area contributed by atoms with Gasteiger partial charge in [0.2, 0.25) is 0 Å². The SMILES string of the molecule is C=[N+]([CH-]c1ccccc1)[Si](C)(C)C. The Kier molecular flexibility index (Phi) is 2.93. The Morgan fingerprint density at radius 3 is 2.15 bits per heavy atom. The van der Waals surface area contributed by atoms with Gasteiger partial charge in [0.25, 0.3) is 0 Å². The Balaban J connectivity index is 2.66. The number of rotatable bonds is 3. The molecule has 70 valence electrons. The Hall–Kier alpha value is -1.02. The molecule has 13 heavy (non-hydrogen) atoms. The van der Waals surface area contributed by atoms with E-state index in [4.69, 9.17) is 0 Å². The van der Waals surface area contributed by atoms with Gasteiger partial charge in [0.15, 0.2) is 0 Å². The van der Waals surface area contributed by atoms with Crippen molar-refractivity contribution in [3.63, 3.8) is 0 Å². The summed E-state index contributed by atoms with van der Waals surface area (Å²) in [6.07, 6.45) is 0. The number of benzene rings is 1. The Morgan fingerprint density at radius 1 is 1.15 bits per heavy atom. The van der Waals surface area contributed by atoms with E-state index in [9.17, 15) is 0 Å². The van der Waals surface area contributed by atoms with Gasteiger partial charge in [-0.2, -0.15) is 0 Å². The Morgan fingerprint density at radius 2 is 1.69 bits per heavy atom. The summed E-state index contributed by atoms with van der Waals surface area (Å²) in [6.45, 7) is 13.0. The van der Waals surface area contributed by atoms with Crippen molar-refractivity contribution >= 4 is 15.0 Å². The van der Waals surface area contributed by atoms with Crippen LogP contribution in [0.5, 0.6) is 0 Å². The van der Waals surface area contributed by atoms with Crippen molar-refractivity contribution in [3.8, 4) is 0 Å². The zero-order valence-electron chi connectivity index (χ0n) is 8.62. The molecule has 0 aliphatic carbocycles. The highest BCUT2D eigenvalue weighted by molar-refractivity contribution is 6.68. The van der Waals surface area contributed by atoms with Crippen LogP contribution in [0.3, 0.4) is 0 Å². The van der Waals surface area contributed by atoms with E-state index in [1.165, 1.54) is 5.56 Å². The first-order chi connectivity index (χ1) is 6.00. The van der Waals surface area contributed by atoms with Crippen LogP contribution in [0, 0.1) is 6.54 Å². The lowest BCUT2D eigenvalue weighted by Gasteiger charge is -2.17. The summed E-state index contributed by atoms with van der Waals surface area (Å²) in [6, 6.07) is 10.3.